The van der Waals surface area contributed by atoms with E-state index in [1.807, 2.05) is 30.2 Å². The van der Waals surface area contributed by atoms with E-state index < -0.39 is 0 Å². The Labute approximate surface area is 190 Å². The fourth-order valence-electron chi connectivity index (χ4n) is 4.04. The molecule has 6 nitrogen and oxygen atoms in total. The normalized spacial score (nSPS) is 23.4. The van der Waals surface area contributed by atoms with Crippen LogP contribution in [0.4, 0.5) is 0 Å². The van der Waals surface area contributed by atoms with Crippen LogP contribution >= 0.6 is 35.3 Å². The molecule has 0 bridgehead atoms. The first-order valence-electron chi connectivity index (χ1n) is 10.2. The van der Waals surface area contributed by atoms with Gasteiger partial charge in [0, 0.05) is 57.1 Å². The molecule has 0 aromatic carbocycles. The highest BCUT2D eigenvalue weighted by atomic mass is 127. The van der Waals surface area contributed by atoms with E-state index in [1.165, 1.54) is 24.3 Å². The fraction of sp³-hybridized carbons (Fsp3) is 0.700. The van der Waals surface area contributed by atoms with Crippen molar-refractivity contribution in [1.82, 2.24) is 20.4 Å². The van der Waals surface area contributed by atoms with Gasteiger partial charge in [-0.1, -0.05) is 13.0 Å². The molecule has 3 rings (SSSR count). The van der Waals surface area contributed by atoms with Crippen molar-refractivity contribution in [3.63, 3.8) is 0 Å². The van der Waals surface area contributed by atoms with E-state index in [0.717, 1.165) is 45.1 Å². The topological polar surface area (TPSA) is 60.0 Å². The van der Waals surface area contributed by atoms with Gasteiger partial charge >= 0.3 is 0 Å². The Hall–Kier alpha value is -0.870. The second kappa shape index (κ2) is 12.0. The van der Waals surface area contributed by atoms with E-state index in [-0.39, 0.29) is 29.9 Å². The maximum Gasteiger partial charge on any atom is 0.222 e. The second-order valence-electron chi connectivity index (χ2n) is 7.60. The smallest absolute Gasteiger partial charge is 0.222 e. The van der Waals surface area contributed by atoms with Crippen LogP contribution in [0.25, 0.3) is 0 Å². The van der Waals surface area contributed by atoms with Crippen molar-refractivity contribution in [2.24, 2.45) is 10.9 Å². The van der Waals surface area contributed by atoms with E-state index in [9.17, 15) is 4.79 Å². The van der Waals surface area contributed by atoms with Crippen molar-refractivity contribution in [1.29, 1.82) is 0 Å². The molecule has 158 valence electrons. The Morgan fingerprint density at radius 2 is 2.18 bits per heavy atom. The van der Waals surface area contributed by atoms with Gasteiger partial charge in [0.2, 0.25) is 5.91 Å². The zero-order chi connectivity index (χ0) is 19.1. The lowest BCUT2D eigenvalue weighted by Gasteiger charge is -2.33. The molecule has 1 amide bonds. The van der Waals surface area contributed by atoms with E-state index in [1.54, 1.807) is 0 Å². The highest BCUT2D eigenvalue weighted by Gasteiger charge is 2.26. The van der Waals surface area contributed by atoms with Gasteiger partial charge in [-0.15, -0.1) is 35.3 Å². The molecule has 3 heterocycles. The highest BCUT2D eigenvalue weighted by molar-refractivity contribution is 14.0. The first-order valence-corrected chi connectivity index (χ1v) is 11.1. The largest absolute Gasteiger partial charge is 0.356 e. The van der Waals surface area contributed by atoms with Gasteiger partial charge in [0.1, 0.15) is 0 Å². The highest BCUT2D eigenvalue weighted by Crippen LogP contribution is 2.20. The van der Waals surface area contributed by atoms with Gasteiger partial charge in [0.15, 0.2) is 5.96 Å². The van der Waals surface area contributed by atoms with E-state index in [0.29, 0.717) is 18.4 Å². The third kappa shape index (κ3) is 6.88. The van der Waals surface area contributed by atoms with Crippen LogP contribution in [0.1, 0.15) is 37.5 Å². The monoisotopic (exact) mass is 519 g/mol. The number of aliphatic imine (C=N–C) groups is 1. The molecular formula is C20H34IN5OS. The van der Waals surface area contributed by atoms with E-state index in [2.05, 4.69) is 38.0 Å². The first-order chi connectivity index (χ1) is 13.2. The Bertz CT molecular complexity index is 624. The van der Waals surface area contributed by atoms with Gasteiger partial charge in [-0.2, -0.15) is 0 Å². The minimum atomic E-state index is 0. The predicted molar refractivity (Wildman–Crippen MR) is 128 cm³/mol. The van der Waals surface area contributed by atoms with Crippen molar-refractivity contribution >= 4 is 47.2 Å². The van der Waals surface area contributed by atoms with Gasteiger partial charge < -0.3 is 15.5 Å². The van der Waals surface area contributed by atoms with Gasteiger partial charge in [0.05, 0.1) is 0 Å². The number of hydrogen-bond acceptors (Lipinski definition) is 4. The van der Waals surface area contributed by atoms with Crippen molar-refractivity contribution in [3.8, 4) is 0 Å². The van der Waals surface area contributed by atoms with Gasteiger partial charge in [-0.3, -0.25) is 14.7 Å². The van der Waals surface area contributed by atoms with Crippen LogP contribution in [0.5, 0.6) is 0 Å². The fourth-order valence-corrected chi connectivity index (χ4v) is 4.79. The molecule has 0 radical (unpaired) electrons. The quantitative estimate of drug-likeness (QED) is 0.345. The lowest BCUT2D eigenvalue weighted by molar-refractivity contribution is -0.129. The summed E-state index contributed by atoms with van der Waals surface area (Å²) in [5, 5.41) is 9.17. The van der Waals surface area contributed by atoms with Crippen LogP contribution in [0.3, 0.4) is 0 Å². The minimum absolute atomic E-state index is 0. The summed E-state index contributed by atoms with van der Waals surface area (Å²) in [5.41, 5.74) is 0. The number of carbonyl (C=O) groups excluding carboxylic acids is 1. The molecule has 0 saturated carbocycles. The molecule has 2 atom stereocenters. The average molecular weight is 519 g/mol. The standard InChI is InChI=1S/C20H33N5OS.HI/c1-3-19(26)25-10-8-17(14-25)23-20(21-2)22-12-16-6-4-9-24(13-16)15-18-7-5-11-27-18;/h5,7,11,16-17H,3-4,6,8-10,12-15H2,1-2H3,(H2,21,22,23);1H. The van der Waals surface area contributed by atoms with E-state index >= 15 is 0 Å². The number of guanidine groups is 1. The lowest BCUT2D eigenvalue weighted by Crippen LogP contribution is -2.48. The van der Waals surface area contributed by atoms with Crippen LogP contribution in [-0.4, -0.2) is 67.5 Å². The Balaban J connectivity index is 0.00000280. The molecule has 2 aliphatic heterocycles. The molecule has 1 aromatic rings. The Morgan fingerprint density at radius 3 is 2.89 bits per heavy atom. The molecule has 2 unspecified atom stereocenters. The minimum Gasteiger partial charge on any atom is -0.356 e. The molecule has 2 fully saturated rings. The van der Waals surface area contributed by atoms with Gasteiger partial charge in [-0.25, -0.2) is 0 Å². The summed E-state index contributed by atoms with van der Waals surface area (Å²) in [6, 6.07) is 4.66. The molecule has 2 aliphatic rings. The van der Waals surface area contributed by atoms with E-state index in [4.69, 9.17) is 0 Å². The number of rotatable bonds is 6. The molecule has 0 aliphatic carbocycles. The first kappa shape index (κ1) is 23.4. The lowest BCUT2D eigenvalue weighted by atomic mass is 9.98. The number of hydrogen-bond donors (Lipinski definition) is 2. The number of thiophene rings is 1. The maximum atomic E-state index is 11.8. The molecule has 2 saturated heterocycles. The number of carbonyl (C=O) groups is 1. The predicted octanol–water partition coefficient (Wildman–Crippen LogP) is 2.75. The molecule has 1 aromatic heterocycles. The Morgan fingerprint density at radius 1 is 1.32 bits per heavy atom. The van der Waals surface area contributed by atoms with Crippen LogP contribution in [0, 0.1) is 5.92 Å². The van der Waals surface area contributed by atoms with Crippen molar-refractivity contribution in [3.05, 3.63) is 22.4 Å². The number of piperidine rings is 1. The summed E-state index contributed by atoms with van der Waals surface area (Å²) in [7, 11) is 1.82. The summed E-state index contributed by atoms with van der Waals surface area (Å²) in [6.07, 6.45) is 4.11. The molecule has 8 heteroatoms. The second-order valence-corrected chi connectivity index (χ2v) is 8.63. The number of nitrogens with one attached hydrogen (secondary N) is 2. The van der Waals surface area contributed by atoms with Crippen LogP contribution in [0.2, 0.25) is 0 Å². The Kier molecular flexibility index (Phi) is 10.0. The van der Waals surface area contributed by atoms with Crippen molar-refractivity contribution in [2.75, 3.05) is 39.8 Å². The SMILES string of the molecule is CCC(=O)N1CCC(NC(=NC)NCC2CCCN(Cc3cccs3)C2)C1.I. The molecular weight excluding hydrogens is 485 g/mol. The molecule has 28 heavy (non-hydrogen) atoms. The maximum absolute atomic E-state index is 11.8. The third-order valence-corrected chi connectivity index (χ3v) is 6.39. The number of amides is 1. The summed E-state index contributed by atoms with van der Waals surface area (Å²) in [4.78, 5) is 22.2. The summed E-state index contributed by atoms with van der Waals surface area (Å²) >= 11 is 1.85. The number of nitrogens with zero attached hydrogens (tertiary/aromatic N) is 3. The van der Waals surface area contributed by atoms with Crippen LogP contribution < -0.4 is 10.6 Å². The van der Waals surface area contributed by atoms with Crippen LogP contribution in [-0.2, 0) is 11.3 Å². The zero-order valence-corrected chi connectivity index (χ0v) is 20.2. The third-order valence-electron chi connectivity index (χ3n) is 5.53. The molecule has 2 N–H and O–H groups in total. The number of likely N-dealkylation sites (tertiary alicyclic amines) is 2. The summed E-state index contributed by atoms with van der Waals surface area (Å²) in [5.74, 6) is 1.76. The number of halogens is 1. The van der Waals surface area contributed by atoms with Gasteiger partial charge in [0.25, 0.3) is 0 Å². The summed E-state index contributed by atoms with van der Waals surface area (Å²) in [6.45, 7) is 7.92. The van der Waals surface area contributed by atoms with Crippen molar-refractivity contribution in [2.45, 2.75) is 45.2 Å². The average Bonchev–Trinajstić information content (AvgIpc) is 3.37. The van der Waals surface area contributed by atoms with Gasteiger partial charge in [-0.05, 0) is 43.2 Å². The van der Waals surface area contributed by atoms with Crippen molar-refractivity contribution < 1.29 is 4.79 Å². The molecule has 0 spiro atoms. The summed E-state index contributed by atoms with van der Waals surface area (Å²) < 4.78 is 0. The van der Waals surface area contributed by atoms with Crippen LogP contribution in [0.15, 0.2) is 22.5 Å². The zero-order valence-electron chi connectivity index (χ0n) is 17.0.